The number of aromatic nitrogens is 3. The van der Waals surface area contributed by atoms with E-state index < -0.39 is 6.10 Å². The third-order valence-corrected chi connectivity index (χ3v) is 6.52. The summed E-state index contributed by atoms with van der Waals surface area (Å²) in [6, 6.07) is 15.8. The van der Waals surface area contributed by atoms with Gasteiger partial charge < -0.3 is 10.1 Å². The fourth-order valence-electron chi connectivity index (χ4n) is 4.07. The van der Waals surface area contributed by atoms with Gasteiger partial charge in [0.1, 0.15) is 30.0 Å². The summed E-state index contributed by atoms with van der Waals surface area (Å²) in [6.45, 7) is 0. The normalized spacial score (nSPS) is 19.4. The molecule has 4 aromatic rings. The lowest BCUT2D eigenvalue weighted by atomic mass is 9.87. The van der Waals surface area contributed by atoms with Gasteiger partial charge in [0.15, 0.2) is 0 Å². The smallest absolute Gasteiger partial charge is 0.226 e. The number of nitrogens with one attached hydrogen (secondary N) is 1. The van der Waals surface area contributed by atoms with Crippen LogP contribution in [0, 0.1) is 5.82 Å². The Morgan fingerprint density at radius 2 is 2.00 bits per heavy atom. The summed E-state index contributed by atoms with van der Waals surface area (Å²) in [5.41, 5.74) is 3.60. The van der Waals surface area contributed by atoms with Gasteiger partial charge in [0, 0.05) is 21.0 Å². The number of fused-ring (bicyclic) bond motifs is 3. The van der Waals surface area contributed by atoms with E-state index in [9.17, 15) is 4.39 Å². The van der Waals surface area contributed by atoms with E-state index in [4.69, 9.17) is 16.3 Å². The van der Waals surface area contributed by atoms with E-state index in [2.05, 4.69) is 21.5 Å². The van der Waals surface area contributed by atoms with Crippen molar-refractivity contribution in [1.82, 2.24) is 14.8 Å². The summed E-state index contributed by atoms with van der Waals surface area (Å²) < 4.78 is 22.0. The predicted octanol–water partition coefficient (Wildman–Crippen LogP) is 5.69. The number of hydrogen-bond acceptors (Lipinski definition) is 5. The molecule has 0 radical (unpaired) electrons. The van der Waals surface area contributed by atoms with Crippen LogP contribution >= 0.6 is 22.9 Å². The minimum Gasteiger partial charge on any atom is -0.480 e. The van der Waals surface area contributed by atoms with E-state index in [0.29, 0.717) is 16.7 Å². The molecule has 30 heavy (non-hydrogen) atoms. The van der Waals surface area contributed by atoms with Gasteiger partial charge in [0.2, 0.25) is 5.95 Å². The number of rotatable bonds is 2. The van der Waals surface area contributed by atoms with E-state index >= 15 is 0 Å². The molecule has 1 N–H and O–H groups in total. The molecule has 148 valence electrons. The summed E-state index contributed by atoms with van der Waals surface area (Å²) in [4.78, 5) is 5.51. The average Bonchev–Trinajstić information content (AvgIpc) is 3.44. The van der Waals surface area contributed by atoms with Gasteiger partial charge in [0.25, 0.3) is 0 Å². The second-order valence-electron chi connectivity index (χ2n) is 7.09. The Morgan fingerprint density at radius 1 is 1.13 bits per heavy atom. The Labute approximate surface area is 180 Å². The summed E-state index contributed by atoms with van der Waals surface area (Å²) in [7, 11) is 0. The number of ether oxygens (including phenoxy) is 1. The molecule has 0 bridgehead atoms. The molecule has 0 unspecified atom stereocenters. The molecular formula is C22H14ClFN4OS. The Bertz CT molecular complexity index is 1280. The minimum atomic E-state index is -0.425. The van der Waals surface area contributed by atoms with Crippen LogP contribution in [0.1, 0.15) is 28.1 Å². The fraction of sp³-hybridized carbons (Fsp3) is 0.0909. The Morgan fingerprint density at radius 3 is 2.80 bits per heavy atom. The Hall–Kier alpha value is -3.16. The molecule has 2 aromatic heterocycles. The van der Waals surface area contributed by atoms with Gasteiger partial charge in [-0.15, -0.1) is 11.3 Å². The highest BCUT2D eigenvalue weighted by Crippen LogP contribution is 2.51. The molecule has 8 heteroatoms. The largest absolute Gasteiger partial charge is 0.480 e. The molecule has 2 aliphatic rings. The molecule has 0 saturated heterocycles. The third kappa shape index (κ3) is 2.66. The van der Waals surface area contributed by atoms with E-state index in [-0.39, 0.29) is 11.9 Å². The maximum atomic E-state index is 13.6. The van der Waals surface area contributed by atoms with Crippen molar-refractivity contribution in [2.24, 2.45) is 0 Å². The van der Waals surface area contributed by atoms with Crippen LogP contribution in [0.3, 0.4) is 0 Å². The molecule has 0 aliphatic carbocycles. The summed E-state index contributed by atoms with van der Waals surface area (Å²) in [6.07, 6.45) is 1.11. The number of nitrogens with zero attached hydrogens (tertiary/aromatic N) is 3. The highest BCUT2D eigenvalue weighted by molar-refractivity contribution is 7.10. The van der Waals surface area contributed by atoms with Crippen molar-refractivity contribution in [3.8, 4) is 5.75 Å². The first-order valence-electron chi connectivity index (χ1n) is 9.35. The van der Waals surface area contributed by atoms with Crippen molar-refractivity contribution in [3.05, 3.63) is 98.7 Å². The van der Waals surface area contributed by atoms with Crippen LogP contribution in [-0.2, 0) is 0 Å². The molecule has 2 aliphatic heterocycles. The molecule has 2 aromatic carbocycles. The SMILES string of the molecule is Fc1ccc([C@H]2Oc3ccc(Cl)cc3C3=C2[C@H](c2cccs2)n2ncnc2N3)cc1. The standard InChI is InChI=1S/C22H14ClFN4OS/c23-13-5-8-16-15(10-13)19-18(21(29-16)12-3-6-14(24)7-4-12)20(17-2-1-9-30-17)28-22(27-19)25-11-26-28/h1-11,20-21H,(H,25,26,27)/t20-,21+/m0/s1. The molecular weight excluding hydrogens is 423 g/mol. The first kappa shape index (κ1) is 17.7. The van der Waals surface area contributed by atoms with E-state index in [1.54, 1.807) is 29.5 Å². The maximum absolute atomic E-state index is 13.6. The lowest BCUT2D eigenvalue weighted by molar-refractivity contribution is 0.223. The van der Waals surface area contributed by atoms with Gasteiger partial charge in [-0.2, -0.15) is 10.1 Å². The monoisotopic (exact) mass is 436 g/mol. The zero-order valence-electron chi connectivity index (χ0n) is 15.4. The van der Waals surface area contributed by atoms with E-state index in [0.717, 1.165) is 27.3 Å². The lowest BCUT2D eigenvalue weighted by Crippen LogP contribution is -2.32. The molecule has 0 amide bonds. The molecule has 4 heterocycles. The minimum absolute atomic E-state index is 0.207. The van der Waals surface area contributed by atoms with Gasteiger partial charge in [-0.3, -0.25) is 0 Å². The van der Waals surface area contributed by atoms with Gasteiger partial charge in [0.05, 0.1) is 5.70 Å². The molecule has 5 nitrogen and oxygen atoms in total. The molecule has 2 atom stereocenters. The number of benzene rings is 2. The van der Waals surface area contributed by atoms with E-state index in [1.165, 1.54) is 18.5 Å². The molecule has 0 saturated carbocycles. The Kier molecular flexibility index (Phi) is 3.94. The summed E-state index contributed by atoms with van der Waals surface area (Å²) in [5, 5.41) is 10.6. The average molecular weight is 437 g/mol. The zero-order chi connectivity index (χ0) is 20.2. The quantitative estimate of drug-likeness (QED) is 0.438. The van der Waals surface area contributed by atoms with Crippen LogP contribution in [0.4, 0.5) is 10.3 Å². The first-order valence-corrected chi connectivity index (χ1v) is 10.6. The van der Waals surface area contributed by atoms with Gasteiger partial charge in [-0.05, 0) is 47.3 Å². The maximum Gasteiger partial charge on any atom is 0.226 e. The van der Waals surface area contributed by atoms with Crippen molar-refractivity contribution in [2.45, 2.75) is 12.1 Å². The zero-order valence-corrected chi connectivity index (χ0v) is 17.0. The summed E-state index contributed by atoms with van der Waals surface area (Å²) >= 11 is 7.96. The van der Waals surface area contributed by atoms with Gasteiger partial charge >= 0.3 is 0 Å². The van der Waals surface area contributed by atoms with Gasteiger partial charge in [-0.1, -0.05) is 29.8 Å². The van der Waals surface area contributed by atoms with Gasteiger partial charge in [-0.25, -0.2) is 9.07 Å². The lowest BCUT2D eigenvalue weighted by Gasteiger charge is -2.38. The van der Waals surface area contributed by atoms with Crippen LogP contribution in [0.25, 0.3) is 5.70 Å². The van der Waals surface area contributed by atoms with Crippen LogP contribution < -0.4 is 10.1 Å². The highest BCUT2D eigenvalue weighted by Gasteiger charge is 2.41. The molecule has 6 rings (SSSR count). The topological polar surface area (TPSA) is 52.0 Å². The fourth-order valence-corrected chi connectivity index (χ4v) is 5.07. The predicted molar refractivity (Wildman–Crippen MR) is 114 cm³/mol. The van der Waals surface area contributed by atoms with Crippen LogP contribution in [-0.4, -0.2) is 14.8 Å². The second-order valence-corrected chi connectivity index (χ2v) is 8.51. The van der Waals surface area contributed by atoms with Crippen molar-refractivity contribution in [3.63, 3.8) is 0 Å². The number of hydrogen-bond donors (Lipinski definition) is 1. The second kappa shape index (κ2) is 6.68. The van der Waals surface area contributed by atoms with Crippen LogP contribution in [0.15, 0.2) is 71.9 Å². The van der Waals surface area contributed by atoms with Crippen molar-refractivity contribution in [2.75, 3.05) is 5.32 Å². The molecule has 0 fully saturated rings. The summed E-state index contributed by atoms with van der Waals surface area (Å²) in [5.74, 6) is 1.07. The number of thiophene rings is 1. The van der Waals surface area contributed by atoms with E-state index in [1.807, 2.05) is 28.3 Å². The first-order chi connectivity index (χ1) is 14.7. The van der Waals surface area contributed by atoms with Crippen molar-refractivity contribution >= 4 is 34.6 Å². The number of anilines is 1. The third-order valence-electron chi connectivity index (χ3n) is 5.36. The van der Waals surface area contributed by atoms with Crippen LogP contribution in [0.5, 0.6) is 5.75 Å². The highest BCUT2D eigenvalue weighted by atomic mass is 35.5. The molecule has 0 spiro atoms. The van der Waals surface area contributed by atoms with Crippen molar-refractivity contribution in [1.29, 1.82) is 0 Å². The number of halogens is 2. The van der Waals surface area contributed by atoms with Crippen molar-refractivity contribution < 1.29 is 9.13 Å². The van der Waals surface area contributed by atoms with Crippen LogP contribution in [0.2, 0.25) is 5.02 Å². The Balaban J connectivity index is 1.63.